The summed E-state index contributed by atoms with van der Waals surface area (Å²) in [6.07, 6.45) is 3.70. The van der Waals surface area contributed by atoms with E-state index in [0.29, 0.717) is 11.6 Å². The van der Waals surface area contributed by atoms with E-state index in [9.17, 15) is 4.79 Å². The molecule has 0 saturated carbocycles. The van der Waals surface area contributed by atoms with Crippen molar-refractivity contribution >= 4 is 17.7 Å². The lowest BCUT2D eigenvalue weighted by Gasteiger charge is -2.07. The van der Waals surface area contributed by atoms with E-state index in [1.165, 1.54) is 11.8 Å². The fourth-order valence-corrected chi connectivity index (χ4v) is 1.73. The highest BCUT2D eigenvalue weighted by Crippen LogP contribution is 2.20. The molecule has 14 heavy (non-hydrogen) atoms. The van der Waals surface area contributed by atoms with E-state index >= 15 is 0 Å². The van der Waals surface area contributed by atoms with E-state index in [1.54, 1.807) is 18.5 Å². The van der Waals surface area contributed by atoms with E-state index in [2.05, 4.69) is 15.4 Å². The highest BCUT2D eigenvalue weighted by atomic mass is 32.2. The van der Waals surface area contributed by atoms with Gasteiger partial charge in [0.2, 0.25) is 5.91 Å². The highest BCUT2D eigenvalue weighted by molar-refractivity contribution is 7.99. The average Bonchev–Trinajstić information content (AvgIpc) is 2.19. The van der Waals surface area contributed by atoms with Crippen LogP contribution in [0.4, 0.5) is 0 Å². The molecule has 3 N–H and O–H groups in total. The molecule has 0 fully saturated rings. The van der Waals surface area contributed by atoms with Crippen molar-refractivity contribution in [3.8, 4) is 0 Å². The molecule has 0 saturated heterocycles. The summed E-state index contributed by atoms with van der Waals surface area (Å²) < 4.78 is 0. The fraction of sp³-hybridized carbons (Fsp3) is 0.375. The number of nitrogens with zero attached hydrogens (tertiary/aromatic N) is 2. The van der Waals surface area contributed by atoms with Crippen LogP contribution < -0.4 is 11.3 Å². The van der Waals surface area contributed by atoms with Gasteiger partial charge in [0, 0.05) is 24.1 Å². The molecule has 0 aromatic carbocycles. The molecule has 1 rings (SSSR count). The first-order valence-corrected chi connectivity index (χ1v) is 5.03. The van der Waals surface area contributed by atoms with Crippen LogP contribution in [-0.4, -0.2) is 21.1 Å². The predicted molar refractivity (Wildman–Crippen MR) is 54.3 cm³/mol. The Morgan fingerprint density at radius 1 is 1.64 bits per heavy atom. The third-order valence-electron chi connectivity index (χ3n) is 1.48. The van der Waals surface area contributed by atoms with E-state index in [1.807, 2.05) is 6.92 Å². The summed E-state index contributed by atoms with van der Waals surface area (Å²) in [5, 5.41) is 0.783. The Bertz CT molecular complexity index is 293. The Kier molecular flexibility index (Phi) is 4.34. The molecular formula is C8H12N4OS. The van der Waals surface area contributed by atoms with E-state index < -0.39 is 0 Å². The van der Waals surface area contributed by atoms with Crippen molar-refractivity contribution in [3.05, 3.63) is 18.5 Å². The van der Waals surface area contributed by atoms with E-state index in [4.69, 9.17) is 5.84 Å². The van der Waals surface area contributed by atoms with E-state index in [0.717, 1.165) is 0 Å². The molecule has 1 aromatic rings. The smallest absolute Gasteiger partial charge is 0.234 e. The van der Waals surface area contributed by atoms with Crippen LogP contribution in [0.25, 0.3) is 0 Å². The molecule has 76 valence electrons. The molecule has 1 atom stereocenters. The number of nitrogens with one attached hydrogen (secondary N) is 1. The van der Waals surface area contributed by atoms with Gasteiger partial charge in [0.15, 0.2) is 5.16 Å². The maximum atomic E-state index is 10.9. The van der Waals surface area contributed by atoms with Gasteiger partial charge in [-0.2, -0.15) is 0 Å². The van der Waals surface area contributed by atoms with Crippen LogP contribution in [-0.2, 0) is 4.79 Å². The summed E-state index contributed by atoms with van der Waals surface area (Å²) >= 11 is 1.45. The monoisotopic (exact) mass is 212 g/mol. The summed E-state index contributed by atoms with van der Waals surface area (Å²) in [7, 11) is 0. The predicted octanol–water partition coefficient (Wildman–Crippen LogP) is 0.337. The zero-order valence-electron chi connectivity index (χ0n) is 7.80. The third-order valence-corrected chi connectivity index (χ3v) is 2.47. The van der Waals surface area contributed by atoms with Crippen LogP contribution in [0.15, 0.2) is 23.6 Å². The number of hydrazine groups is 1. The van der Waals surface area contributed by atoms with Crippen LogP contribution in [0, 0.1) is 0 Å². The number of hydrogen-bond donors (Lipinski definition) is 2. The van der Waals surface area contributed by atoms with Crippen LogP contribution in [0.1, 0.15) is 13.3 Å². The Labute approximate surface area is 86.5 Å². The number of carbonyl (C=O) groups excluding carboxylic acids is 1. The first-order chi connectivity index (χ1) is 6.72. The highest BCUT2D eigenvalue weighted by Gasteiger charge is 2.10. The second-order valence-electron chi connectivity index (χ2n) is 2.73. The van der Waals surface area contributed by atoms with Gasteiger partial charge in [-0.1, -0.05) is 18.7 Å². The molecular weight excluding hydrogens is 200 g/mol. The number of hydrogen-bond acceptors (Lipinski definition) is 5. The number of rotatable bonds is 4. The van der Waals surface area contributed by atoms with Crippen molar-refractivity contribution in [1.29, 1.82) is 0 Å². The van der Waals surface area contributed by atoms with Gasteiger partial charge in [0.1, 0.15) is 0 Å². The normalized spacial score (nSPS) is 12.1. The number of nitrogens with two attached hydrogens (primary N) is 1. The largest absolute Gasteiger partial charge is 0.294 e. The topological polar surface area (TPSA) is 80.9 Å². The zero-order chi connectivity index (χ0) is 10.4. The van der Waals surface area contributed by atoms with E-state index in [-0.39, 0.29) is 11.2 Å². The lowest BCUT2D eigenvalue weighted by molar-refractivity contribution is -0.121. The number of amides is 1. The summed E-state index contributed by atoms with van der Waals surface area (Å²) in [6.45, 7) is 1.93. The molecule has 0 aliphatic rings. The molecule has 0 bridgehead atoms. The minimum Gasteiger partial charge on any atom is -0.294 e. The molecule has 0 aliphatic carbocycles. The minimum atomic E-state index is -0.180. The third kappa shape index (κ3) is 3.71. The molecule has 0 radical (unpaired) electrons. The Morgan fingerprint density at radius 2 is 2.29 bits per heavy atom. The van der Waals surface area contributed by atoms with Gasteiger partial charge >= 0.3 is 0 Å². The summed E-state index contributed by atoms with van der Waals surface area (Å²) in [5.41, 5.74) is 2.09. The Morgan fingerprint density at radius 3 is 2.86 bits per heavy atom. The van der Waals surface area contributed by atoms with Gasteiger partial charge in [-0.15, -0.1) is 0 Å². The van der Waals surface area contributed by atoms with Crippen molar-refractivity contribution < 1.29 is 4.79 Å². The molecule has 1 amide bonds. The quantitative estimate of drug-likeness (QED) is 0.247. The minimum absolute atomic E-state index is 0.112. The lowest BCUT2D eigenvalue weighted by atomic mass is 10.3. The van der Waals surface area contributed by atoms with Crippen LogP contribution in [0.2, 0.25) is 0 Å². The maximum Gasteiger partial charge on any atom is 0.234 e. The van der Waals surface area contributed by atoms with Gasteiger partial charge in [-0.05, 0) is 6.07 Å². The summed E-state index contributed by atoms with van der Waals surface area (Å²) in [6, 6.07) is 1.75. The fourth-order valence-electron chi connectivity index (χ4n) is 0.888. The molecule has 5 nitrogen and oxygen atoms in total. The molecule has 6 heteroatoms. The van der Waals surface area contributed by atoms with Crippen molar-refractivity contribution in [2.45, 2.75) is 23.8 Å². The van der Waals surface area contributed by atoms with Crippen molar-refractivity contribution in [2.75, 3.05) is 0 Å². The number of aromatic nitrogens is 2. The first kappa shape index (κ1) is 10.9. The van der Waals surface area contributed by atoms with Gasteiger partial charge < -0.3 is 0 Å². The maximum absolute atomic E-state index is 10.9. The lowest BCUT2D eigenvalue weighted by Crippen LogP contribution is -2.31. The number of thioether (sulfide) groups is 1. The zero-order valence-corrected chi connectivity index (χ0v) is 8.62. The molecule has 0 spiro atoms. The average molecular weight is 212 g/mol. The molecule has 1 unspecified atom stereocenters. The van der Waals surface area contributed by atoms with Crippen molar-refractivity contribution in [1.82, 2.24) is 15.4 Å². The first-order valence-electron chi connectivity index (χ1n) is 4.15. The molecule has 1 heterocycles. The second kappa shape index (κ2) is 5.56. The summed E-state index contributed by atoms with van der Waals surface area (Å²) in [5.74, 6) is 4.79. The second-order valence-corrected chi connectivity index (χ2v) is 4.14. The summed E-state index contributed by atoms with van der Waals surface area (Å²) in [4.78, 5) is 19.0. The van der Waals surface area contributed by atoms with Gasteiger partial charge in [-0.25, -0.2) is 15.8 Å². The van der Waals surface area contributed by atoms with Crippen molar-refractivity contribution in [3.63, 3.8) is 0 Å². The van der Waals surface area contributed by atoms with Crippen LogP contribution in [0.5, 0.6) is 0 Å². The van der Waals surface area contributed by atoms with Crippen LogP contribution >= 0.6 is 11.8 Å². The molecule has 1 aromatic heterocycles. The molecule has 0 aliphatic heterocycles. The standard InChI is InChI=1S/C8H12N4OS/c1-6(5-7(13)12-9)14-8-10-3-2-4-11-8/h2-4,6H,5,9H2,1H3,(H,12,13). The van der Waals surface area contributed by atoms with Gasteiger partial charge in [-0.3, -0.25) is 10.2 Å². The number of carbonyl (C=O) groups is 1. The van der Waals surface area contributed by atoms with Crippen molar-refractivity contribution in [2.24, 2.45) is 5.84 Å². The van der Waals surface area contributed by atoms with Crippen LogP contribution in [0.3, 0.4) is 0 Å². The Hall–Kier alpha value is -1.14. The van der Waals surface area contributed by atoms with Gasteiger partial charge in [0.25, 0.3) is 0 Å². The van der Waals surface area contributed by atoms with Gasteiger partial charge in [0.05, 0.1) is 0 Å². The Balaban J connectivity index is 2.41. The SMILES string of the molecule is CC(CC(=O)NN)Sc1ncccn1.